The van der Waals surface area contributed by atoms with E-state index in [1.54, 1.807) is 0 Å². The zero-order valence-corrected chi connectivity index (χ0v) is 16.4. The summed E-state index contributed by atoms with van der Waals surface area (Å²) in [5, 5.41) is 11.3. The van der Waals surface area contributed by atoms with Crippen LogP contribution in [0, 0.1) is 0 Å². The highest BCUT2D eigenvalue weighted by Gasteiger charge is 2.10. The van der Waals surface area contributed by atoms with Crippen LogP contribution in [-0.4, -0.2) is 47.8 Å². The Morgan fingerprint density at radius 3 is 2.79 bits per heavy atom. The van der Waals surface area contributed by atoms with E-state index in [0.717, 1.165) is 42.4 Å². The van der Waals surface area contributed by atoms with Crippen molar-refractivity contribution in [2.75, 3.05) is 32.5 Å². The molecule has 1 unspecified atom stereocenters. The second-order valence-electron chi connectivity index (χ2n) is 7.27. The maximum absolute atomic E-state index is 10.3. The van der Waals surface area contributed by atoms with Gasteiger partial charge in [0.15, 0.2) is 0 Å². The van der Waals surface area contributed by atoms with Gasteiger partial charge in [-0.25, -0.2) is 4.98 Å². The number of hydrogen-bond acceptors (Lipinski definition) is 5. The van der Waals surface area contributed by atoms with E-state index in [4.69, 9.17) is 10.5 Å². The number of rotatable bonds is 10. The van der Waals surface area contributed by atoms with Crippen molar-refractivity contribution in [2.45, 2.75) is 25.4 Å². The van der Waals surface area contributed by atoms with Gasteiger partial charge in [-0.05, 0) is 62.7 Å². The van der Waals surface area contributed by atoms with E-state index < -0.39 is 6.10 Å². The predicted molar refractivity (Wildman–Crippen MR) is 115 cm³/mol. The molecule has 0 spiro atoms. The Bertz CT molecular complexity index is 884. The molecule has 0 saturated heterocycles. The third-order valence-electron chi connectivity index (χ3n) is 4.73. The van der Waals surface area contributed by atoms with E-state index in [0.29, 0.717) is 12.4 Å². The van der Waals surface area contributed by atoms with Crippen LogP contribution in [0.5, 0.6) is 5.88 Å². The van der Waals surface area contributed by atoms with Gasteiger partial charge in [0.1, 0.15) is 12.7 Å². The van der Waals surface area contributed by atoms with E-state index in [9.17, 15) is 5.11 Å². The molecule has 1 atom stereocenters. The Hall–Kier alpha value is -2.63. The van der Waals surface area contributed by atoms with Crippen LogP contribution in [-0.2, 0) is 6.42 Å². The number of nitrogen functional groups attached to an aromatic ring is 1. The molecule has 148 valence electrons. The Labute approximate surface area is 166 Å². The molecule has 3 rings (SSSR count). The summed E-state index contributed by atoms with van der Waals surface area (Å²) in [6.07, 6.45) is 2.65. The highest BCUT2D eigenvalue weighted by molar-refractivity contribution is 5.78. The van der Waals surface area contributed by atoms with E-state index in [1.165, 1.54) is 5.56 Å². The van der Waals surface area contributed by atoms with Gasteiger partial charge in [0, 0.05) is 23.7 Å². The summed E-state index contributed by atoms with van der Waals surface area (Å²) in [7, 11) is 2.03. The second-order valence-corrected chi connectivity index (χ2v) is 7.27. The lowest BCUT2D eigenvalue weighted by molar-refractivity contribution is 0.0742. The lowest BCUT2D eigenvalue weighted by Gasteiger charge is -2.20. The molecule has 3 aromatic rings. The van der Waals surface area contributed by atoms with Gasteiger partial charge in [-0.15, -0.1) is 0 Å². The van der Waals surface area contributed by atoms with Crippen molar-refractivity contribution in [3.8, 4) is 5.88 Å². The smallest absolute Gasteiger partial charge is 0.213 e. The minimum Gasteiger partial charge on any atom is -0.475 e. The quantitative estimate of drug-likeness (QED) is 0.417. The zero-order chi connectivity index (χ0) is 19.8. The minimum absolute atomic E-state index is 0.235. The molecule has 0 aliphatic rings. The number of para-hydroxylation sites is 1. The lowest BCUT2D eigenvalue weighted by Crippen LogP contribution is -2.33. The molecule has 0 fully saturated rings. The second kappa shape index (κ2) is 10.1. The van der Waals surface area contributed by atoms with Crippen LogP contribution >= 0.6 is 0 Å². The van der Waals surface area contributed by atoms with Crippen molar-refractivity contribution < 1.29 is 9.84 Å². The third kappa shape index (κ3) is 6.22. The summed E-state index contributed by atoms with van der Waals surface area (Å²) < 4.78 is 5.67. The van der Waals surface area contributed by atoms with Crippen LogP contribution in [0.2, 0.25) is 0 Å². The molecule has 0 amide bonds. The fraction of sp³-hybridized carbons (Fsp3) is 0.348. The number of fused-ring (bicyclic) bond motifs is 1. The number of nitrogens with two attached hydrogens (primary N) is 1. The summed E-state index contributed by atoms with van der Waals surface area (Å²) in [6, 6.07) is 19.8. The molecular formula is C23H29N3O2. The van der Waals surface area contributed by atoms with E-state index in [-0.39, 0.29) is 6.61 Å². The van der Waals surface area contributed by atoms with Crippen molar-refractivity contribution in [1.29, 1.82) is 0 Å². The van der Waals surface area contributed by atoms with Crippen LogP contribution in [0.3, 0.4) is 0 Å². The fourth-order valence-electron chi connectivity index (χ4n) is 3.27. The molecule has 2 aromatic carbocycles. The number of anilines is 1. The fourth-order valence-corrected chi connectivity index (χ4v) is 3.27. The third-order valence-corrected chi connectivity index (χ3v) is 4.73. The SMILES string of the molecule is CN(CCCCc1cccc(N)c1)CC(O)COc1ccc2ccccc2n1. The van der Waals surface area contributed by atoms with Gasteiger partial charge in [-0.3, -0.25) is 0 Å². The summed E-state index contributed by atoms with van der Waals surface area (Å²) >= 11 is 0. The van der Waals surface area contributed by atoms with Crippen LogP contribution in [0.4, 0.5) is 5.69 Å². The first-order valence-corrected chi connectivity index (χ1v) is 9.80. The highest BCUT2D eigenvalue weighted by Crippen LogP contribution is 2.16. The highest BCUT2D eigenvalue weighted by atomic mass is 16.5. The summed E-state index contributed by atoms with van der Waals surface area (Å²) in [5.74, 6) is 0.544. The van der Waals surface area contributed by atoms with Crippen molar-refractivity contribution in [3.05, 3.63) is 66.2 Å². The molecule has 0 radical (unpaired) electrons. The first-order valence-electron chi connectivity index (χ1n) is 9.80. The molecule has 0 aliphatic carbocycles. The van der Waals surface area contributed by atoms with Crippen LogP contribution in [0.25, 0.3) is 10.9 Å². The zero-order valence-electron chi connectivity index (χ0n) is 16.4. The van der Waals surface area contributed by atoms with Crippen molar-refractivity contribution in [2.24, 2.45) is 0 Å². The molecule has 0 bridgehead atoms. The normalized spacial score (nSPS) is 12.4. The molecule has 1 heterocycles. The molecular weight excluding hydrogens is 350 g/mol. The summed E-state index contributed by atoms with van der Waals surface area (Å²) in [6.45, 7) is 1.75. The van der Waals surface area contributed by atoms with E-state index >= 15 is 0 Å². The Balaban J connectivity index is 1.34. The first kappa shape index (κ1) is 20.1. The van der Waals surface area contributed by atoms with Gasteiger partial charge >= 0.3 is 0 Å². The number of aliphatic hydroxyl groups excluding tert-OH is 1. The number of aromatic nitrogens is 1. The van der Waals surface area contributed by atoms with Gasteiger partial charge in [-0.2, -0.15) is 0 Å². The van der Waals surface area contributed by atoms with Crippen LogP contribution in [0.15, 0.2) is 60.7 Å². The van der Waals surface area contributed by atoms with Gasteiger partial charge in [-0.1, -0.05) is 30.3 Å². The number of unbranched alkanes of at least 4 members (excludes halogenated alkanes) is 1. The molecule has 5 nitrogen and oxygen atoms in total. The number of likely N-dealkylation sites (N-methyl/N-ethyl adjacent to an activating group) is 1. The van der Waals surface area contributed by atoms with Crippen LogP contribution in [0.1, 0.15) is 18.4 Å². The number of aryl methyl sites for hydroxylation is 1. The number of nitrogens with zero attached hydrogens (tertiary/aromatic N) is 2. The number of aliphatic hydroxyl groups is 1. The maximum atomic E-state index is 10.3. The first-order chi connectivity index (χ1) is 13.6. The van der Waals surface area contributed by atoms with Crippen LogP contribution < -0.4 is 10.5 Å². The number of benzene rings is 2. The number of pyridine rings is 1. The maximum Gasteiger partial charge on any atom is 0.213 e. The standard InChI is InChI=1S/C23H29N3O2/c1-26(14-5-4-7-18-8-6-10-20(24)15-18)16-21(27)17-28-23-13-12-19-9-2-3-11-22(19)25-23/h2-3,6,8-13,15,21,27H,4-5,7,14,16-17,24H2,1H3. The van der Waals surface area contributed by atoms with E-state index in [2.05, 4.69) is 16.0 Å². The number of hydrogen-bond donors (Lipinski definition) is 2. The topological polar surface area (TPSA) is 71.6 Å². The average Bonchev–Trinajstić information content (AvgIpc) is 2.69. The predicted octanol–water partition coefficient (Wildman–Crippen LogP) is 3.51. The molecule has 0 aliphatic heterocycles. The summed E-state index contributed by atoms with van der Waals surface area (Å²) in [4.78, 5) is 6.61. The lowest BCUT2D eigenvalue weighted by atomic mass is 10.1. The largest absolute Gasteiger partial charge is 0.475 e. The summed E-state index contributed by atoms with van der Waals surface area (Å²) in [5.41, 5.74) is 8.80. The molecule has 0 saturated carbocycles. The van der Waals surface area contributed by atoms with Crippen molar-refractivity contribution >= 4 is 16.6 Å². The minimum atomic E-state index is -0.549. The Morgan fingerprint density at radius 1 is 1.07 bits per heavy atom. The Morgan fingerprint density at radius 2 is 1.93 bits per heavy atom. The Kier molecular flexibility index (Phi) is 7.23. The van der Waals surface area contributed by atoms with Gasteiger partial charge in [0.2, 0.25) is 5.88 Å². The van der Waals surface area contributed by atoms with Crippen molar-refractivity contribution in [3.63, 3.8) is 0 Å². The number of ether oxygens (including phenoxy) is 1. The van der Waals surface area contributed by atoms with E-state index in [1.807, 2.05) is 61.6 Å². The van der Waals surface area contributed by atoms with Gasteiger partial charge in [0.05, 0.1) is 5.52 Å². The molecule has 3 N–H and O–H groups in total. The monoisotopic (exact) mass is 379 g/mol. The van der Waals surface area contributed by atoms with Gasteiger partial charge in [0.25, 0.3) is 0 Å². The van der Waals surface area contributed by atoms with Gasteiger partial charge < -0.3 is 20.5 Å². The van der Waals surface area contributed by atoms with Crippen molar-refractivity contribution in [1.82, 2.24) is 9.88 Å². The average molecular weight is 380 g/mol. The molecule has 28 heavy (non-hydrogen) atoms. The molecule has 5 heteroatoms. The molecule has 1 aromatic heterocycles.